The zero-order valence-electron chi connectivity index (χ0n) is 33.9. The molecular formula is C41H81O10P. The van der Waals surface area contributed by atoms with E-state index in [4.69, 9.17) is 19.1 Å². The largest absolute Gasteiger partial charge is 0.472 e. The summed E-state index contributed by atoms with van der Waals surface area (Å²) in [6.45, 7) is 7.00. The molecule has 52 heavy (non-hydrogen) atoms. The summed E-state index contributed by atoms with van der Waals surface area (Å²) in [5, 5.41) is 18.3. The number of aliphatic hydroxyl groups excluding tert-OH is 2. The van der Waals surface area contributed by atoms with Crippen LogP contribution in [-0.4, -0.2) is 65.7 Å². The van der Waals surface area contributed by atoms with Gasteiger partial charge in [-0.2, -0.15) is 0 Å². The molecule has 0 rings (SSSR count). The van der Waals surface area contributed by atoms with Crippen LogP contribution in [0.1, 0.15) is 201 Å². The van der Waals surface area contributed by atoms with Gasteiger partial charge in [0.05, 0.1) is 19.8 Å². The standard InChI is InChI=1S/C41H81O10P/c1-36(2)28-24-20-16-13-11-9-7-5-6-8-10-12-14-18-23-27-31-41(45)51-39(35-50-52(46,47)49-33-38(43)32-42)34-48-40(44)30-26-22-19-15-17-21-25-29-37(3)4/h36-39,42-43H,5-35H2,1-4H3,(H,46,47)/t38-,39+/m0/s1. The van der Waals surface area contributed by atoms with Gasteiger partial charge in [-0.05, 0) is 24.7 Å². The van der Waals surface area contributed by atoms with Gasteiger partial charge in [0.15, 0.2) is 6.10 Å². The lowest BCUT2D eigenvalue weighted by Crippen LogP contribution is -2.29. The van der Waals surface area contributed by atoms with E-state index in [0.29, 0.717) is 12.8 Å². The molecule has 0 amide bonds. The zero-order valence-corrected chi connectivity index (χ0v) is 34.8. The molecule has 0 spiro atoms. The van der Waals surface area contributed by atoms with Gasteiger partial charge in [0.2, 0.25) is 0 Å². The minimum Gasteiger partial charge on any atom is -0.462 e. The average molecular weight is 765 g/mol. The normalized spacial score (nSPS) is 14.1. The van der Waals surface area contributed by atoms with E-state index < -0.39 is 51.8 Å². The maximum atomic E-state index is 12.6. The molecule has 0 heterocycles. The monoisotopic (exact) mass is 765 g/mol. The molecule has 0 aliphatic carbocycles. The van der Waals surface area contributed by atoms with E-state index in [0.717, 1.165) is 50.4 Å². The van der Waals surface area contributed by atoms with Crippen LogP contribution in [-0.2, 0) is 32.7 Å². The van der Waals surface area contributed by atoms with Crippen LogP contribution in [0.4, 0.5) is 0 Å². The second-order valence-corrected chi connectivity index (χ2v) is 17.1. The van der Waals surface area contributed by atoms with Crippen LogP contribution in [0.2, 0.25) is 0 Å². The highest BCUT2D eigenvalue weighted by Crippen LogP contribution is 2.43. The number of esters is 2. The van der Waals surface area contributed by atoms with Gasteiger partial charge in [0, 0.05) is 12.8 Å². The van der Waals surface area contributed by atoms with Crippen LogP contribution >= 0.6 is 7.82 Å². The molecule has 0 saturated carbocycles. The minimum atomic E-state index is -4.61. The predicted molar refractivity (Wildman–Crippen MR) is 210 cm³/mol. The van der Waals surface area contributed by atoms with Gasteiger partial charge in [-0.15, -0.1) is 0 Å². The average Bonchev–Trinajstić information content (AvgIpc) is 3.10. The first-order chi connectivity index (χ1) is 24.9. The zero-order chi connectivity index (χ0) is 38.7. The van der Waals surface area contributed by atoms with Crippen LogP contribution in [0.3, 0.4) is 0 Å². The fourth-order valence-corrected chi connectivity index (χ4v) is 6.86. The van der Waals surface area contributed by atoms with Crippen LogP contribution < -0.4 is 0 Å². The Morgan fingerprint density at radius 3 is 1.25 bits per heavy atom. The van der Waals surface area contributed by atoms with Gasteiger partial charge in [0.25, 0.3) is 0 Å². The van der Waals surface area contributed by atoms with Crippen molar-refractivity contribution < 1.29 is 47.8 Å². The van der Waals surface area contributed by atoms with E-state index in [1.807, 2.05) is 0 Å². The maximum absolute atomic E-state index is 12.6. The highest BCUT2D eigenvalue weighted by molar-refractivity contribution is 7.47. The van der Waals surface area contributed by atoms with E-state index >= 15 is 0 Å². The topological polar surface area (TPSA) is 149 Å². The van der Waals surface area contributed by atoms with Gasteiger partial charge in [0.1, 0.15) is 12.7 Å². The van der Waals surface area contributed by atoms with Crippen LogP contribution in [0, 0.1) is 11.8 Å². The first-order valence-electron chi connectivity index (χ1n) is 21.2. The molecule has 0 fully saturated rings. The summed E-state index contributed by atoms with van der Waals surface area (Å²) in [5.74, 6) is 0.663. The van der Waals surface area contributed by atoms with E-state index in [9.17, 15) is 24.2 Å². The molecule has 0 aliphatic rings. The summed E-state index contributed by atoms with van der Waals surface area (Å²) in [6.07, 6.45) is 28.1. The lowest BCUT2D eigenvalue weighted by atomic mass is 10.0. The van der Waals surface area contributed by atoms with Crippen molar-refractivity contribution in [2.45, 2.75) is 213 Å². The van der Waals surface area contributed by atoms with Gasteiger partial charge in [-0.1, -0.05) is 175 Å². The quantitative estimate of drug-likeness (QED) is 0.0314. The number of ether oxygens (including phenoxy) is 2. The summed E-state index contributed by atoms with van der Waals surface area (Å²) in [7, 11) is -4.61. The first kappa shape index (κ1) is 51.0. The molecule has 0 aromatic heterocycles. The number of hydrogen-bond donors (Lipinski definition) is 3. The Bertz CT molecular complexity index is 869. The summed E-state index contributed by atoms with van der Waals surface area (Å²) < 4.78 is 32.6. The Kier molecular flexibility index (Phi) is 35.0. The Morgan fingerprint density at radius 1 is 0.519 bits per heavy atom. The first-order valence-corrected chi connectivity index (χ1v) is 22.7. The highest BCUT2D eigenvalue weighted by Gasteiger charge is 2.27. The number of unbranched alkanes of at least 4 members (excludes halogenated alkanes) is 21. The molecule has 1 unspecified atom stereocenters. The Balaban J connectivity index is 4.21. The van der Waals surface area contributed by atoms with Gasteiger partial charge in [-0.3, -0.25) is 18.6 Å². The lowest BCUT2D eigenvalue weighted by molar-refractivity contribution is -0.161. The second-order valence-electron chi connectivity index (χ2n) is 15.7. The summed E-state index contributed by atoms with van der Waals surface area (Å²) >= 11 is 0. The molecule has 310 valence electrons. The van der Waals surface area contributed by atoms with Crippen molar-refractivity contribution in [3.63, 3.8) is 0 Å². The fraction of sp³-hybridized carbons (Fsp3) is 0.951. The minimum absolute atomic E-state index is 0.190. The molecule has 11 heteroatoms. The highest BCUT2D eigenvalue weighted by atomic mass is 31.2. The van der Waals surface area contributed by atoms with Crippen LogP contribution in [0.15, 0.2) is 0 Å². The molecule has 0 bridgehead atoms. The molecular weight excluding hydrogens is 683 g/mol. The Labute approximate surface area is 318 Å². The van der Waals surface area contributed by atoms with Crippen molar-refractivity contribution in [2.75, 3.05) is 26.4 Å². The molecule has 10 nitrogen and oxygen atoms in total. The molecule has 3 atom stereocenters. The predicted octanol–water partition coefficient (Wildman–Crippen LogP) is 10.8. The molecule has 3 N–H and O–H groups in total. The molecule has 0 saturated heterocycles. The molecule has 0 aromatic rings. The summed E-state index contributed by atoms with van der Waals surface area (Å²) in [5.41, 5.74) is 0. The number of carbonyl (C=O) groups excluding carboxylic acids is 2. The summed E-state index contributed by atoms with van der Waals surface area (Å²) in [4.78, 5) is 34.9. The Hall–Kier alpha value is -1.03. The van der Waals surface area contributed by atoms with E-state index in [1.165, 1.54) is 109 Å². The Morgan fingerprint density at radius 2 is 0.865 bits per heavy atom. The smallest absolute Gasteiger partial charge is 0.462 e. The molecule has 0 aromatic carbocycles. The van der Waals surface area contributed by atoms with Gasteiger partial charge < -0.3 is 24.6 Å². The number of carbonyl (C=O) groups is 2. The third-order valence-electron chi connectivity index (χ3n) is 9.37. The number of aliphatic hydroxyl groups is 2. The second kappa shape index (κ2) is 35.7. The van der Waals surface area contributed by atoms with E-state index in [-0.39, 0.29) is 19.4 Å². The van der Waals surface area contributed by atoms with Gasteiger partial charge >= 0.3 is 19.8 Å². The SMILES string of the molecule is CC(C)CCCCCCCCCCCCCCCCCCC(=O)O[C@H](COC(=O)CCCCCCCCCC(C)C)COP(=O)(O)OC[C@@H](O)CO. The van der Waals surface area contributed by atoms with Crippen molar-refractivity contribution in [3.05, 3.63) is 0 Å². The van der Waals surface area contributed by atoms with E-state index in [2.05, 4.69) is 32.2 Å². The van der Waals surface area contributed by atoms with Crippen molar-refractivity contribution in [1.82, 2.24) is 0 Å². The molecule has 0 aliphatic heterocycles. The fourth-order valence-electron chi connectivity index (χ4n) is 6.07. The van der Waals surface area contributed by atoms with Gasteiger partial charge in [-0.25, -0.2) is 4.57 Å². The number of phosphoric acid groups is 1. The van der Waals surface area contributed by atoms with Crippen molar-refractivity contribution in [3.8, 4) is 0 Å². The maximum Gasteiger partial charge on any atom is 0.472 e. The number of hydrogen-bond acceptors (Lipinski definition) is 9. The number of phosphoric ester groups is 1. The number of rotatable bonds is 39. The molecule has 0 radical (unpaired) electrons. The lowest BCUT2D eigenvalue weighted by Gasteiger charge is -2.20. The van der Waals surface area contributed by atoms with Crippen LogP contribution in [0.25, 0.3) is 0 Å². The summed E-state index contributed by atoms with van der Waals surface area (Å²) in [6, 6.07) is 0. The third kappa shape index (κ3) is 37.3. The van der Waals surface area contributed by atoms with Crippen molar-refractivity contribution >= 4 is 19.8 Å². The van der Waals surface area contributed by atoms with Crippen LogP contribution in [0.5, 0.6) is 0 Å². The third-order valence-corrected chi connectivity index (χ3v) is 10.3. The van der Waals surface area contributed by atoms with Crippen molar-refractivity contribution in [2.24, 2.45) is 11.8 Å². The van der Waals surface area contributed by atoms with E-state index in [1.54, 1.807) is 0 Å². The van der Waals surface area contributed by atoms with Crippen molar-refractivity contribution in [1.29, 1.82) is 0 Å².